The first-order valence-electron chi connectivity index (χ1n) is 9.31. The lowest BCUT2D eigenvalue weighted by Gasteiger charge is -2.23. The predicted molar refractivity (Wildman–Crippen MR) is 103 cm³/mol. The Bertz CT molecular complexity index is 790. The van der Waals surface area contributed by atoms with E-state index in [9.17, 15) is 19.2 Å². The molecule has 1 spiro atoms. The Hall–Kier alpha value is -2.61. The van der Waals surface area contributed by atoms with Crippen LogP contribution < -0.4 is 16.0 Å². The minimum Gasteiger partial charge on any atom is -0.353 e. The summed E-state index contributed by atoms with van der Waals surface area (Å²) in [5.74, 6) is -1.05. The topological polar surface area (TPSA) is 108 Å². The Morgan fingerprint density at radius 1 is 1.14 bits per heavy atom. The van der Waals surface area contributed by atoms with E-state index in [2.05, 4.69) is 16.0 Å². The zero-order chi connectivity index (χ0) is 20.3. The lowest BCUT2D eigenvalue weighted by Crippen LogP contribution is -2.50. The first-order valence-corrected chi connectivity index (χ1v) is 9.69. The number of nitrogens with one attached hydrogen (secondary N) is 3. The molecule has 0 radical (unpaired) electrons. The van der Waals surface area contributed by atoms with Gasteiger partial charge in [-0.2, -0.15) is 0 Å². The van der Waals surface area contributed by atoms with E-state index < -0.39 is 23.5 Å². The molecular formula is C19H23ClN4O4. The molecule has 1 unspecified atom stereocenters. The fourth-order valence-electron chi connectivity index (χ4n) is 3.64. The van der Waals surface area contributed by atoms with Crippen molar-refractivity contribution in [1.82, 2.24) is 20.9 Å². The highest BCUT2D eigenvalue weighted by Gasteiger charge is 2.54. The number of urea groups is 1. The average Bonchev–Trinajstić information content (AvgIpc) is 3.23. The Labute approximate surface area is 168 Å². The van der Waals surface area contributed by atoms with Crippen molar-refractivity contribution in [3.05, 3.63) is 34.9 Å². The van der Waals surface area contributed by atoms with Crippen molar-refractivity contribution in [1.29, 1.82) is 0 Å². The van der Waals surface area contributed by atoms with Crippen molar-refractivity contribution in [2.75, 3.05) is 13.1 Å². The number of carbonyl (C=O) groups excluding carboxylic acids is 4. The van der Waals surface area contributed by atoms with Gasteiger partial charge in [0.05, 0.1) is 0 Å². The second kappa shape index (κ2) is 8.18. The molecule has 1 aromatic carbocycles. The van der Waals surface area contributed by atoms with Gasteiger partial charge in [-0.05, 0) is 44.0 Å². The van der Waals surface area contributed by atoms with E-state index in [4.69, 9.17) is 11.6 Å². The van der Waals surface area contributed by atoms with Crippen LogP contribution in [0, 0.1) is 0 Å². The van der Waals surface area contributed by atoms with E-state index in [1.54, 1.807) is 24.3 Å². The van der Waals surface area contributed by atoms with Gasteiger partial charge in [-0.3, -0.25) is 14.4 Å². The standard InChI is InChI=1S/C19H23ClN4O4/c1-12(24-17(27)19(23-18(24)28)8-2-3-9-19)15(25)21-10-11-22-16(26)13-4-6-14(20)7-5-13/h4-7,12H,2-3,8-11H2,1H3,(H,21,25)(H,22,26)(H,23,28). The number of imide groups is 1. The Morgan fingerprint density at radius 3 is 2.39 bits per heavy atom. The molecular weight excluding hydrogens is 384 g/mol. The van der Waals surface area contributed by atoms with Crippen molar-refractivity contribution < 1.29 is 19.2 Å². The van der Waals surface area contributed by atoms with Crippen LogP contribution in [0.4, 0.5) is 4.79 Å². The Balaban J connectivity index is 1.47. The molecule has 1 aliphatic carbocycles. The van der Waals surface area contributed by atoms with Crippen LogP contribution in [0.2, 0.25) is 5.02 Å². The molecule has 1 saturated heterocycles. The van der Waals surface area contributed by atoms with E-state index in [1.165, 1.54) is 6.92 Å². The summed E-state index contributed by atoms with van der Waals surface area (Å²) in [4.78, 5) is 50.3. The number of amides is 5. The molecule has 150 valence electrons. The normalized spacial score (nSPS) is 18.9. The van der Waals surface area contributed by atoms with E-state index in [0.29, 0.717) is 23.4 Å². The van der Waals surface area contributed by atoms with Gasteiger partial charge in [0.25, 0.3) is 11.8 Å². The van der Waals surface area contributed by atoms with Crippen LogP contribution in [0.1, 0.15) is 43.0 Å². The molecule has 1 saturated carbocycles. The van der Waals surface area contributed by atoms with Gasteiger partial charge in [0, 0.05) is 23.7 Å². The van der Waals surface area contributed by atoms with Gasteiger partial charge in [0.2, 0.25) is 5.91 Å². The molecule has 1 aliphatic heterocycles. The van der Waals surface area contributed by atoms with E-state index in [-0.39, 0.29) is 24.9 Å². The third-order valence-corrected chi connectivity index (χ3v) is 5.49. The smallest absolute Gasteiger partial charge is 0.325 e. The molecule has 1 heterocycles. The predicted octanol–water partition coefficient (Wildman–Crippen LogP) is 1.44. The first kappa shape index (κ1) is 20.1. The van der Waals surface area contributed by atoms with Crippen LogP contribution in [0.15, 0.2) is 24.3 Å². The number of halogens is 1. The highest BCUT2D eigenvalue weighted by atomic mass is 35.5. The lowest BCUT2D eigenvalue weighted by molar-refractivity contribution is -0.137. The van der Waals surface area contributed by atoms with Crippen LogP contribution in [-0.2, 0) is 9.59 Å². The van der Waals surface area contributed by atoms with Gasteiger partial charge in [-0.1, -0.05) is 24.4 Å². The van der Waals surface area contributed by atoms with E-state index >= 15 is 0 Å². The quantitative estimate of drug-likeness (QED) is 0.490. The van der Waals surface area contributed by atoms with Crippen LogP contribution in [0.25, 0.3) is 0 Å². The minimum atomic E-state index is -0.917. The van der Waals surface area contributed by atoms with E-state index in [0.717, 1.165) is 17.7 Å². The molecule has 2 fully saturated rings. The van der Waals surface area contributed by atoms with Gasteiger partial charge in [-0.15, -0.1) is 0 Å². The Kier molecular flexibility index (Phi) is 5.88. The SMILES string of the molecule is CC(C(=O)NCCNC(=O)c1ccc(Cl)cc1)N1C(=O)NC2(CCCC2)C1=O. The van der Waals surface area contributed by atoms with Crippen LogP contribution >= 0.6 is 11.6 Å². The summed E-state index contributed by atoms with van der Waals surface area (Å²) in [6, 6.07) is 5.01. The fourth-order valence-corrected chi connectivity index (χ4v) is 3.77. The average molecular weight is 407 g/mol. The van der Waals surface area contributed by atoms with Gasteiger partial charge < -0.3 is 16.0 Å². The van der Waals surface area contributed by atoms with Crippen molar-refractivity contribution in [3.8, 4) is 0 Å². The van der Waals surface area contributed by atoms with Gasteiger partial charge in [-0.25, -0.2) is 9.69 Å². The third-order valence-electron chi connectivity index (χ3n) is 5.23. The van der Waals surface area contributed by atoms with Crippen molar-refractivity contribution in [3.63, 3.8) is 0 Å². The van der Waals surface area contributed by atoms with Crippen LogP contribution in [0.3, 0.4) is 0 Å². The zero-order valence-electron chi connectivity index (χ0n) is 15.6. The molecule has 1 aromatic rings. The summed E-state index contributed by atoms with van der Waals surface area (Å²) in [5.41, 5.74) is -0.372. The molecule has 2 aliphatic rings. The summed E-state index contributed by atoms with van der Waals surface area (Å²) >= 11 is 5.79. The van der Waals surface area contributed by atoms with Crippen molar-refractivity contribution in [2.45, 2.75) is 44.2 Å². The summed E-state index contributed by atoms with van der Waals surface area (Å²) in [6.07, 6.45) is 2.99. The number of hydrogen-bond donors (Lipinski definition) is 3. The largest absolute Gasteiger partial charge is 0.353 e. The number of nitrogens with zero attached hydrogens (tertiary/aromatic N) is 1. The number of carbonyl (C=O) groups is 4. The van der Waals surface area contributed by atoms with Crippen molar-refractivity contribution in [2.24, 2.45) is 0 Å². The summed E-state index contributed by atoms with van der Waals surface area (Å²) < 4.78 is 0. The molecule has 3 N–H and O–H groups in total. The number of rotatable bonds is 6. The highest BCUT2D eigenvalue weighted by molar-refractivity contribution is 6.30. The van der Waals surface area contributed by atoms with E-state index in [1.807, 2.05) is 0 Å². The number of benzene rings is 1. The van der Waals surface area contributed by atoms with Crippen LogP contribution in [-0.4, -0.2) is 53.3 Å². The third kappa shape index (κ3) is 3.96. The molecule has 28 heavy (non-hydrogen) atoms. The summed E-state index contributed by atoms with van der Waals surface area (Å²) in [7, 11) is 0. The second-order valence-electron chi connectivity index (χ2n) is 7.12. The van der Waals surface area contributed by atoms with Gasteiger partial charge in [0.15, 0.2) is 0 Å². The monoisotopic (exact) mass is 406 g/mol. The van der Waals surface area contributed by atoms with Gasteiger partial charge in [0.1, 0.15) is 11.6 Å². The maximum absolute atomic E-state index is 12.7. The molecule has 5 amide bonds. The maximum Gasteiger partial charge on any atom is 0.325 e. The maximum atomic E-state index is 12.7. The Morgan fingerprint density at radius 2 is 1.75 bits per heavy atom. The molecule has 1 atom stereocenters. The van der Waals surface area contributed by atoms with Crippen LogP contribution in [0.5, 0.6) is 0 Å². The summed E-state index contributed by atoms with van der Waals surface area (Å²) in [6.45, 7) is 1.91. The molecule has 3 rings (SSSR count). The molecule has 9 heteroatoms. The van der Waals surface area contributed by atoms with Crippen molar-refractivity contribution >= 4 is 35.4 Å². The summed E-state index contributed by atoms with van der Waals surface area (Å²) in [5, 5.41) is 8.63. The minimum absolute atomic E-state index is 0.178. The second-order valence-corrected chi connectivity index (χ2v) is 7.56. The first-order chi connectivity index (χ1) is 13.3. The van der Waals surface area contributed by atoms with Gasteiger partial charge >= 0.3 is 6.03 Å². The molecule has 0 bridgehead atoms. The molecule has 0 aromatic heterocycles. The lowest BCUT2D eigenvalue weighted by atomic mass is 9.97. The zero-order valence-corrected chi connectivity index (χ0v) is 16.3. The fraction of sp³-hybridized carbons (Fsp3) is 0.474. The highest BCUT2D eigenvalue weighted by Crippen LogP contribution is 2.35. The molecule has 8 nitrogen and oxygen atoms in total. The number of hydrogen-bond acceptors (Lipinski definition) is 4.